The predicted molar refractivity (Wildman–Crippen MR) is 98.5 cm³/mol. The van der Waals surface area contributed by atoms with Crippen LogP contribution >= 0.6 is 35.6 Å². The van der Waals surface area contributed by atoms with Gasteiger partial charge < -0.3 is 10.1 Å². The first-order valence-electron chi connectivity index (χ1n) is 6.93. The highest BCUT2D eigenvalue weighted by Gasteiger charge is 2.21. The summed E-state index contributed by atoms with van der Waals surface area (Å²) in [5, 5.41) is 2.99. The summed E-state index contributed by atoms with van der Waals surface area (Å²) in [5.41, 5.74) is 1.61. The molecule has 1 aliphatic heterocycles. The van der Waals surface area contributed by atoms with Gasteiger partial charge in [-0.3, -0.25) is 4.79 Å². The van der Waals surface area contributed by atoms with Crippen LogP contribution in [0.3, 0.4) is 0 Å². The van der Waals surface area contributed by atoms with Gasteiger partial charge in [-0.1, -0.05) is 53.8 Å². The molecule has 7 heteroatoms. The maximum atomic E-state index is 12.9. The van der Waals surface area contributed by atoms with Crippen molar-refractivity contribution in [3.8, 4) is 5.75 Å². The third-order valence-electron chi connectivity index (χ3n) is 3.20. The Hall–Kier alpha value is -1.89. The summed E-state index contributed by atoms with van der Waals surface area (Å²) in [6.07, 6.45) is 1.72. The first kappa shape index (κ1) is 17.0. The molecule has 0 aliphatic carbocycles. The fourth-order valence-electron chi connectivity index (χ4n) is 2.04. The van der Waals surface area contributed by atoms with Crippen LogP contribution in [0.25, 0.3) is 6.08 Å². The van der Waals surface area contributed by atoms with Gasteiger partial charge in [0.15, 0.2) is 0 Å². The van der Waals surface area contributed by atoms with Crippen molar-refractivity contribution >= 4 is 51.9 Å². The smallest absolute Gasteiger partial charge is 0.263 e. The van der Waals surface area contributed by atoms with Gasteiger partial charge in [-0.05, 0) is 41.5 Å². The van der Waals surface area contributed by atoms with Crippen LogP contribution in [0.2, 0.25) is 5.02 Å². The number of carbonyl (C=O) groups excluding carboxylic acids is 1. The lowest BCUT2D eigenvalue weighted by Crippen LogP contribution is -2.17. The second-order valence-electron chi connectivity index (χ2n) is 4.96. The Bertz CT molecular complexity index is 837. The minimum Gasteiger partial charge on any atom is -0.487 e. The molecule has 1 aliphatic rings. The highest BCUT2D eigenvalue weighted by Crippen LogP contribution is 2.30. The van der Waals surface area contributed by atoms with E-state index in [4.69, 9.17) is 28.6 Å². The van der Waals surface area contributed by atoms with Crippen molar-refractivity contribution in [1.29, 1.82) is 0 Å². The molecule has 2 aromatic rings. The lowest BCUT2D eigenvalue weighted by Gasteiger charge is -2.09. The van der Waals surface area contributed by atoms with Gasteiger partial charge >= 0.3 is 0 Å². The highest BCUT2D eigenvalue weighted by molar-refractivity contribution is 8.26. The predicted octanol–water partition coefficient (Wildman–Crippen LogP) is 4.55. The topological polar surface area (TPSA) is 38.3 Å². The van der Waals surface area contributed by atoms with E-state index < -0.39 is 0 Å². The Morgan fingerprint density at radius 3 is 2.62 bits per heavy atom. The Labute approximate surface area is 152 Å². The molecule has 0 radical (unpaired) electrons. The van der Waals surface area contributed by atoms with Crippen LogP contribution in [0.15, 0.2) is 47.4 Å². The van der Waals surface area contributed by atoms with Gasteiger partial charge in [0.2, 0.25) is 0 Å². The van der Waals surface area contributed by atoms with Gasteiger partial charge in [0.25, 0.3) is 5.91 Å². The Balaban J connectivity index is 1.70. The zero-order valence-corrected chi connectivity index (χ0v) is 14.6. The maximum Gasteiger partial charge on any atom is 0.263 e. The van der Waals surface area contributed by atoms with Gasteiger partial charge in [-0.25, -0.2) is 4.39 Å². The zero-order chi connectivity index (χ0) is 17.1. The number of benzene rings is 2. The number of hydrogen-bond donors (Lipinski definition) is 1. The molecule has 1 fully saturated rings. The first-order valence-corrected chi connectivity index (χ1v) is 8.53. The average Bonchev–Trinajstić information content (AvgIpc) is 2.86. The lowest BCUT2D eigenvalue weighted by molar-refractivity contribution is -0.115. The van der Waals surface area contributed by atoms with Gasteiger partial charge in [-0.2, -0.15) is 0 Å². The number of nitrogens with one attached hydrogen (secondary N) is 1. The summed E-state index contributed by atoms with van der Waals surface area (Å²) in [7, 11) is 0. The van der Waals surface area contributed by atoms with Crippen molar-refractivity contribution in [3.63, 3.8) is 0 Å². The van der Waals surface area contributed by atoms with E-state index in [9.17, 15) is 9.18 Å². The molecule has 1 heterocycles. The van der Waals surface area contributed by atoms with E-state index in [-0.39, 0.29) is 18.3 Å². The normalized spacial score (nSPS) is 15.7. The molecule has 0 bridgehead atoms. The van der Waals surface area contributed by atoms with Crippen molar-refractivity contribution in [2.75, 3.05) is 0 Å². The summed E-state index contributed by atoms with van der Waals surface area (Å²) in [6, 6.07) is 11.3. The Morgan fingerprint density at radius 1 is 1.25 bits per heavy atom. The van der Waals surface area contributed by atoms with Crippen molar-refractivity contribution in [2.24, 2.45) is 0 Å². The molecular weight excluding hydrogens is 369 g/mol. The third-order valence-corrected chi connectivity index (χ3v) is 4.66. The molecule has 0 saturated carbocycles. The second-order valence-corrected chi connectivity index (χ2v) is 7.08. The summed E-state index contributed by atoms with van der Waals surface area (Å²) in [6.45, 7) is 0.285. The number of rotatable bonds is 4. The quantitative estimate of drug-likeness (QED) is 0.625. The molecule has 0 aromatic heterocycles. The molecule has 122 valence electrons. The van der Waals surface area contributed by atoms with E-state index in [1.54, 1.807) is 36.4 Å². The second kappa shape index (κ2) is 7.34. The van der Waals surface area contributed by atoms with Gasteiger partial charge in [-0.15, -0.1) is 0 Å². The summed E-state index contributed by atoms with van der Waals surface area (Å²) >= 11 is 12.4. The summed E-state index contributed by atoms with van der Waals surface area (Å²) < 4.78 is 19.0. The minimum atomic E-state index is -0.289. The van der Waals surface area contributed by atoms with Gasteiger partial charge in [0.05, 0.1) is 9.93 Å². The SMILES string of the molecule is O=C1NC(=S)SC1=Cc1ccc(OCc2ccc(F)cc2)c(Cl)c1. The summed E-state index contributed by atoms with van der Waals surface area (Å²) in [5.74, 6) is 0.0161. The van der Waals surface area contributed by atoms with Crippen LogP contribution in [0.4, 0.5) is 4.39 Å². The lowest BCUT2D eigenvalue weighted by atomic mass is 10.2. The molecule has 1 saturated heterocycles. The average molecular weight is 380 g/mol. The minimum absolute atomic E-state index is 0.210. The van der Waals surface area contributed by atoms with Crippen LogP contribution in [-0.4, -0.2) is 10.2 Å². The molecule has 0 unspecified atom stereocenters. The van der Waals surface area contributed by atoms with Crippen molar-refractivity contribution < 1.29 is 13.9 Å². The molecule has 3 rings (SSSR count). The molecule has 1 N–H and O–H groups in total. The number of amides is 1. The van der Waals surface area contributed by atoms with Crippen LogP contribution in [-0.2, 0) is 11.4 Å². The zero-order valence-electron chi connectivity index (χ0n) is 12.2. The monoisotopic (exact) mass is 379 g/mol. The van der Waals surface area contributed by atoms with Crippen molar-refractivity contribution in [3.05, 3.63) is 69.3 Å². The Kier molecular flexibility index (Phi) is 5.18. The van der Waals surface area contributed by atoms with E-state index >= 15 is 0 Å². The third kappa shape index (κ3) is 4.14. The largest absolute Gasteiger partial charge is 0.487 e. The highest BCUT2D eigenvalue weighted by atomic mass is 35.5. The number of carbonyl (C=O) groups is 1. The maximum absolute atomic E-state index is 12.9. The van der Waals surface area contributed by atoms with Crippen LogP contribution in [0.1, 0.15) is 11.1 Å². The molecule has 0 atom stereocenters. The Morgan fingerprint density at radius 2 is 2.00 bits per heavy atom. The molecule has 24 heavy (non-hydrogen) atoms. The van der Waals surface area contributed by atoms with Gasteiger partial charge in [0.1, 0.15) is 22.5 Å². The molecular formula is C17H11ClFNO2S2. The van der Waals surface area contributed by atoms with Crippen LogP contribution in [0, 0.1) is 5.82 Å². The van der Waals surface area contributed by atoms with E-state index in [2.05, 4.69) is 5.32 Å². The molecule has 0 spiro atoms. The van der Waals surface area contributed by atoms with Crippen LogP contribution < -0.4 is 10.1 Å². The van der Waals surface area contributed by atoms with E-state index in [1.165, 1.54) is 23.9 Å². The molecule has 3 nitrogen and oxygen atoms in total. The van der Waals surface area contributed by atoms with Crippen molar-refractivity contribution in [1.82, 2.24) is 5.32 Å². The first-order chi connectivity index (χ1) is 11.5. The standard InChI is InChI=1S/C17H11ClFNO2S2/c18-13-7-11(8-15-16(21)20-17(23)24-15)3-6-14(13)22-9-10-1-4-12(19)5-2-10/h1-8H,9H2,(H,20,21,23). The number of thiocarbonyl (C=S) groups is 1. The van der Waals surface area contributed by atoms with Crippen molar-refractivity contribution in [2.45, 2.75) is 6.61 Å². The fourth-order valence-corrected chi connectivity index (χ4v) is 3.33. The number of ether oxygens (including phenoxy) is 1. The number of thioether (sulfide) groups is 1. The molecule has 2 aromatic carbocycles. The fraction of sp³-hybridized carbons (Fsp3) is 0.0588. The van der Waals surface area contributed by atoms with E-state index in [0.29, 0.717) is 20.0 Å². The number of halogens is 2. The van der Waals surface area contributed by atoms with Gasteiger partial charge in [0, 0.05) is 0 Å². The summed E-state index contributed by atoms with van der Waals surface area (Å²) in [4.78, 5) is 12.2. The van der Waals surface area contributed by atoms with E-state index in [1.807, 2.05) is 0 Å². The number of hydrogen-bond acceptors (Lipinski definition) is 4. The van der Waals surface area contributed by atoms with E-state index in [0.717, 1.165) is 11.1 Å². The molecule has 1 amide bonds. The van der Waals surface area contributed by atoms with Crippen LogP contribution in [0.5, 0.6) is 5.75 Å².